The van der Waals surface area contributed by atoms with E-state index in [1.165, 1.54) is 6.08 Å². The van der Waals surface area contributed by atoms with Crippen LogP contribution in [0.25, 0.3) is 6.08 Å². The van der Waals surface area contributed by atoms with Crippen LogP contribution in [0.15, 0.2) is 30.3 Å². The maximum absolute atomic E-state index is 12.0. The van der Waals surface area contributed by atoms with Crippen molar-refractivity contribution >= 4 is 23.8 Å². The minimum absolute atomic E-state index is 0.133. The minimum atomic E-state index is -1.000. The van der Waals surface area contributed by atoms with Crippen LogP contribution >= 0.6 is 0 Å². The van der Waals surface area contributed by atoms with Gasteiger partial charge in [0.15, 0.2) is 0 Å². The maximum atomic E-state index is 12.0. The zero-order valence-corrected chi connectivity index (χ0v) is 11.0. The predicted molar refractivity (Wildman–Crippen MR) is 76.6 cm³/mol. The fourth-order valence-electron chi connectivity index (χ4n) is 1.96. The SMILES string of the molecule is O=C(O)/C=C/c1cccc(NC(=O)N2CCNCC2)c1. The Kier molecular flexibility index (Phi) is 4.73. The fourth-order valence-corrected chi connectivity index (χ4v) is 1.96. The number of carboxylic acids is 1. The van der Waals surface area contributed by atoms with E-state index in [4.69, 9.17) is 5.11 Å². The van der Waals surface area contributed by atoms with E-state index in [1.54, 1.807) is 29.2 Å². The predicted octanol–water partition coefficient (Wildman–Crippen LogP) is 1.22. The number of carbonyl (C=O) groups is 2. The summed E-state index contributed by atoms with van der Waals surface area (Å²) in [7, 11) is 0. The van der Waals surface area contributed by atoms with Crippen molar-refractivity contribution in [2.45, 2.75) is 0 Å². The average molecular weight is 275 g/mol. The Bertz CT molecular complexity index is 522. The van der Waals surface area contributed by atoms with Gasteiger partial charge in [-0.1, -0.05) is 12.1 Å². The van der Waals surface area contributed by atoms with E-state index in [2.05, 4.69) is 10.6 Å². The number of benzene rings is 1. The number of hydrogen-bond acceptors (Lipinski definition) is 3. The summed E-state index contributed by atoms with van der Waals surface area (Å²) < 4.78 is 0. The van der Waals surface area contributed by atoms with Gasteiger partial charge in [0.1, 0.15) is 0 Å². The van der Waals surface area contributed by atoms with Crippen molar-refractivity contribution < 1.29 is 14.7 Å². The van der Waals surface area contributed by atoms with Crippen LogP contribution in [0, 0.1) is 0 Å². The number of amides is 2. The number of rotatable bonds is 3. The molecule has 6 nitrogen and oxygen atoms in total. The molecule has 1 fully saturated rings. The van der Waals surface area contributed by atoms with E-state index in [9.17, 15) is 9.59 Å². The van der Waals surface area contributed by atoms with Gasteiger partial charge in [0.2, 0.25) is 0 Å². The lowest BCUT2D eigenvalue weighted by atomic mass is 10.2. The molecule has 2 rings (SSSR count). The Balaban J connectivity index is 2.00. The highest BCUT2D eigenvalue weighted by Gasteiger charge is 2.15. The van der Waals surface area contributed by atoms with Gasteiger partial charge in [0.05, 0.1) is 0 Å². The van der Waals surface area contributed by atoms with Crippen LogP contribution in [0.2, 0.25) is 0 Å². The van der Waals surface area contributed by atoms with Crippen LogP contribution in [-0.4, -0.2) is 48.2 Å². The van der Waals surface area contributed by atoms with Gasteiger partial charge in [-0.25, -0.2) is 9.59 Å². The highest BCUT2D eigenvalue weighted by molar-refractivity contribution is 5.90. The van der Waals surface area contributed by atoms with Gasteiger partial charge in [-0.3, -0.25) is 0 Å². The summed E-state index contributed by atoms with van der Waals surface area (Å²) >= 11 is 0. The van der Waals surface area contributed by atoms with Crippen LogP contribution in [0.3, 0.4) is 0 Å². The molecule has 1 aromatic rings. The third-order valence-electron chi connectivity index (χ3n) is 2.96. The minimum Gasteiger partial charge on any atom is -0.478 e. The van der Waals surface area contributed by atoms with Crippen LogP contribution < -0.4 is 10.6 Å². The largest absolute Gasteiger partial charge is 0.478 e. The highest BCUT2D eigenvalue weighted by atomic mass is 16.4. The van der Waals surface area contributed by atoms with E-state index in [-0.39, 0.29) is 6.03 Å². The van der Waals surface area contributed by atoms with Crippen LogP contribution in [-0.2, 0) is 4.79 Å². The van der Waals surface area contributed by atoms with Crippen molar-refractivity contribution in [1.29, 1.82) is 0 Å². The second kappa shape index (κ2) is 6.72. The maximum Gasteiger partial charge on any atom is 0.328 e. The number of nitrogens with zero attached hydrogens (tertiary/aromatic N) is 1. The fraction of sp³-hybridized carbons (Fsp3) is 0.286. The molecule has 0 spiro atoms. The quantitative estimate of drug-likeness (QED) is 0.724. The van der Waals surface area contributed by atoms with Crippen molar-refractivity contribution in [3.8, 4) is 0 Å². The molecule has 0 unspecified atom stereocenters. The van der Waals surface area contributed by atoms with Crippen molar-refractivity contribution in [3.05, 3.63) is 35.9 Å². The first-order valence-electron chi connectivity index (χ1n) is 6.43. The summed E-state index contributed by atoms with van der Waals surface area (Å²) in [6.07, 6.45) is 2.56. The molecule has 0 bridgehead atoms. The Morgan fingerprint density at radius 1 is 1.30 bits per heavy atom. The van der Waals surface area contributed by atoms with Crippen molar-refractivity contribution in [1.82, 2.24) is 10.2 Å². The van der Waals surface area contributed by atoms with Gasteiger partial charge in [0.25, 0.3) is 0 Å². The van der Waals surface area contributed by atoms with Crippen molar-refractivity contribution in [2.75, 3.05) is 31.5 Å². The van der Waals surface area contributed by atoms with E-state index in [0.717, 1.165) is 24.7 Å². The molecule has 20 heavy (non-hydrogen) atoms. The monoisotopic (exact) mass is 275 g/mol. The first-order valence-corrected chi connectivity index (χ1v) is 6.43. The van der Waals surface area contributed by atoms with Crippen molar-refractivity contribution in [3.63, 3.8) is 0 Å². The molecule has 3 N–H and O–H groups in total. The average Bonchev–Trinajstić information content (AvgIpc) is 2.46. The molecule has 0 atom stereocenters. The molecule has 1 saturated heterocycles. The third-order valence-corrected chi connectivity index (χ3v) is 2.96. The Morgan fingerprint density at radius 2 is 2.05 bits per heavy atom. The summed E-state index contributed by atoms with van der Waals surface area (Å²) in [4.78, 5) is 24.2. The Morgan fingerprint density at radius 3 is 2.75 bits per heavy atom. The molecule has 0 radical (unpaired) electrons. The lowest BCUT2D eigenvalue weighted by Gasteiger charge is -2.27. The van der Waals surface area contributed by atoms with Gasteiger partial charge in [-0.2, -0.15) is 0 Å². The van der Waals surface area contributed by atoms with Crippen LogP contribution in [0.1, 0.15) is 5.56 Å². The number of aliphatic carboxylic acids is 1. The Labute approximate surface area is 117 Å². The van der Waals surface area contributed by atoms with E-state index in [0.29, 0.717) is 18.8 Å². The summed E-state index contributed by atoms with van der Waals surface area (Å²) in [5.74, 6) is -1.000. The van der Waals surface area contributed by atoms with Gasteiger partial charge in [0, 0.05) is 37.9 Å². The molecule has 1 aromatic carbocycles. The number of hydrogen-bond donors (Lipinski definition) is 3. The first kappa shape index (κ1) is 14.1. The normalized spacial score (nSPS) is 15.3. The molecule has 2 amide bonds. The number of urea groups is 1. The highest BCUT2D eigenvalue weighted by Crippen LogP contribution is 2.13. The second-order valence-corrected chi connectivity index (χ2v) is 4.46. The number of carboxylic acid groups (broad SMARTS) is 1. The number of anilines is 1. The molecule has 1 heterocycles. The standard InChI is InChI=1S/C14H17N3O3/c18-13(19)5-4-11-2-1-3-12(10-11)16-14(20)17-8-6-15-7-9-17/h1-5,10,15H,6-9H2,(H,16,20)(H,18,19)/b5-4+. The Hall–Kier alpha value is -2.34. The summed E-state index contributed by atoms with van der Waals surface area (Å²) in [5.41, 5.74) is 1.38. The molecule has 106 valence electrons. The lowest BCUT2D eigenvalue weighted by Crippen LogP contribution is -2.48. The third kappa shape index (κ3) is 4.10. The van der Waals surface area contributed by atoms with Gasteiger partial charge in [-0.05, 0) is 23.8 Å². The molecule has 6 heteroatoms. The molecule has 0 aromatic heterocycles. The summed E-state index contributed by atoms with van der Waals surface area (Å²) in [5, 5.41) is 14.6. The zero-order valence-electron chi connectivity index (χ0n) is 11.0. The molecule has 0 aliphatic carbocycles. The van der Waals surface area contributed by atoms with Crippen molar-refractivity contribution in [2.24, 2.45) is 0 Å². The van der Waals surface area contributed by atoms with E-state index in [1.807, 2.05) is 0 Å². The molecule has 1 aliphatic rings. The number of piperazine rings is 1. The summed E-state index contributed by atoms with van der Waals surface area (Å²) in [6, 6.07) is 6.93. The van der Waals surface area contributed by atoms with E-state index < -0.39 is 5.97 Å². The van der Waals surface area contributed by atoms with E-state index >= 15 is 0 Å². The topological polar surface area (TPSA) is 81.7 Å². The number of nitrogens with one attached hydrogen (secondary N) is 2. The molecule has 0 saturated carbocycles. The molecule has 1 aliphatic heterocycles. The first-order chi connectivity index (χ1) is 9.65. The lowest BCUT2D eigenvalue weighted by molar-refractivity contribution is -0.131. The van der Waals surface area contributed by atoms with Gasteiger partial charge >= 0.3 is 12.0 Å². The van der Waals surface area contributed by atoms with Gasteiger partial charge < -0.3 is 20.6 Å². The zero-order chi connectivity index (χ0) is 14.4. The smallest absolute Gasteiger partial charge is 0.328 e. The number of carbonyl (C=O) groups excluding carboxylic acids is 1. The van der Waals surface area contributed by atoms with Crippen LogP contribution in [0.4, 0.5) is 10.5 Å². The van der Waals surface area contributed by atoms with Gasteiger partial charge in [-0.15, -0.1) is 0 Å². The second-order valence-electron chi connectivity index (χ2n) is 4.46. The summed E-state index contributed by atoms with van der Waals surface area (Å²) in [6.45, 7) is 2.97. The molecular weight excluding hydrogens is 258 g/mol. The van der Waals surface area contributed by atoms with Crippen LogP contribution in [0.5, 0.6) is 0 Å². The molecular formula is C14H17N3O3.